The minimum Gasteiger partial charge on any atom is -0.462 e. The Morgan fingerprint density at radius 1 is 0.448 bits per heavy atom. The highest BCUT2D eigenvalue weighted by atomic mass is 16.5. The van der Waals surface area contributed by atoms with E-state index in [1.54, 1.807) is 0 Å². The molecule has 1 amide bonds. The van der Waals surface area contributed by atoms with Crippen LogP contribution in [-0.4, -0.2) is 46.9 Å². The molecule has 0 heterocycles. The van der Waals surface area contributed by atoms with Gasteiger partial charge >= 0.3 is 5.97 Å². The van der Waals surface area contributed by atoms with Gasteiger partial charge in [-0.05, 0) is 83.5 Å². The van der Waals surface area contributed by atoms with Crippen LogP contribution >= 0.6 is 0 Å². The van der Waals surface area contributed by atoms with E-state index in [1.807, 2.05) is 0 Å². The Kier molecular flexibility index (Phi) is 52.1. The Morgan fingerprint density at radius 2 is 0.821 bits per heavy atom. The average Bonchev–Trinajstić information content (AvgIpc) is 3.32. The number of aliphatic hydroxyl groups is 2. The summed E-state index contributed by atoms with van der Waals surface area (Å²) in [6, 6.07) is -0.715. The highest BCUT2D eigenvalue weighted by Crippen LogP contribution is 2.18. The number of aliphatic hydroxyl groups excluding tert-OH is 2. The molecule has 0 aromatic rings. The average molecular weight is 937 g/mol. The molecule has 67 heavy (non-hydrogen) atoms. The van der Waals surface area contributed by atoms with E-state index in [1.165, 1.54) is 135 Å². The van der Waals surface area contributed by atoms with E-state index in [2.05, 4.69) is 99.0 Å². The van der Waals surface area contributed by atoms with E-state index in [-0.39, 0.29) is 24.9 Å². The number of carbonyl (C=O) groups excluding carboxylic acids is 2. The smallest absolute Gasteiger partial charge is 0.306 e. The summed E-state index contributed by atoms with van der Waals surface area (Å²) in [6.07, 6.45) is 69.5. The van der Waals surface area contributed by atoms with E-state index in [4.69, 9.17) is 4.74 Å². The fraction of sp³-hybridized carbons (Fsp3) is 0.770. The molecule has 0 radical (unpaired) electrons. The lowest BCUT2D eigenvalue weighted by molar-refractivity contribution is -0.151. The Hall–Kier alpha value is -2.70. The van der Waals surface area contributed by atoms with Crippen LogP contribution in [-0.2, 0) is 14.3 Å². The summed E-state index contributed by atoms with van der Waals surface area (Å²) in [4.78, 5) is 26.3. The molecule has 0 fully saturated rings. The summed E-state index contributed by atoms with van der Waals surface area (Å²) in [7, 11) is 0. The van der Waals surface area contributed by atoms with E-state index in [0.29, 0.717) is 19.3 Å². The number of carbonyl (C=O) groups is 2. The van der Waals surface area contributed by atoms with Crippen molar-refractivity contribution in [3.63, 3.8) is 0 Å². The number of esters is 1. The molecule has 0 aliphatic carbocycles. The van der Waals surface area contributed by atoms with Crippen molar-refractivity contribution in [3.05, 3.63) is 72.9 Å². The van der Waals surface area contributed by atoms with Crippen molar-refractivity contribution in [3.8, 4) is 0 Å². The van der Waals surface area contributed by atoms with Gasteiger partial charge in [-0.15, -0.1) is 0 Å². The number of hydrogen-bond donors (Lipinski definition) is 3. The molecule has 0 aromatic heterocycles. The number of amides is 1. The van der Waals surface area contributed by atoms with Crippen LogP contribution in [0.3, 0.4) is 0 Å². The molecule has 6 nitrogen and oxygen atoms in total. The Balaban J connectivity index is 4.63. The first kappa shape index (κ1) is 64.3. The van der Waals surface area contributed by atoms with Gasteiger partial charge in [-0.25, -0.2) is 0 Å². The minimum atomic E-state index is -0.800. The fourth-order valence-corrected chi connectivity index (χ4v) is 8.47. The van der Waals surface area contributed by atoms with Gasteiger partial charge in [0.1, 0.15) is 6.10 Å². The van der Waals surface area contributed by atoms with Gasteiger partial charge in [0.05, 0.1) is 25.2 Å². The molecule has 3 unspecified atom stereocenters. The summed E-state index contributed by atoms with van der Waals surface area (Å²) in [5.74, 6) is -0.510. The van der Waals surface area contributed by atoms with Crippen molar-refractivity contribution in [1.29, 1.82) is 0 Å². The van der Waals surface area contributed by atoms with Gasteiger partial charge in [-0.3, -0.25) is 9.59 Å². The molecule has 0 spiro atoms. The molecule has 6 heteroatoms. The highest BCUT2D eigenvalue weighted by molar-refractivity contribution is 5.77. The quantitative estimate of drug-likeness (QED) is 0.0244. The lowest BCUT2D eigenvalue weighted by atomic mass is 10.0. The number of rotatable bonds is 51. The highest BCUT2D eigenvalue weighted by Gasteiger charge is 2.24. The minimum absolute atomic E-state index is 0.0565. The second kappa shape index (κ2) is 54.2. The maximum absolute atomic E-state index is 13.3. The summed E-state index contributed by atoms with van der Waals surface area (Å²) in [6.45, 7) is 6.43. The lowest BCUT2D eigenvalue weighted by Crippen LogP contribution is -2.46. The third kappa shape index (κ3) is 49.5. The molecule has 0 rings (SSSR count). The zero-order chi connectivity index (χ0) is 48.8. The van der Waals surface area contributed by atoms with Crippen LogP contribution < -0.4 is 5.32 Å². The molecular weight excluding hydrogens is 827 g/mol. The summed E-state index contributed by atoms with van der Waals surface area (Å²) < 4.78 is 5.95. The van der Waals surface area contributed by atoms with Crippen molar-refractivity contribution in [2.75, 3.05) is 6.61 Å². The van der Waals surface area contributed by atoms with Crippen molar-refractivity contribution in [2.45, 2.75) is 296 Å². The maximum Gasteiger partial charge on any atom is 0.306 e. The fourth-order valence-electron chi connectivity index (χ4n) is 8.47. The molecule has 3 N–H and O–H groups in total. The largest absolute Gasteiger partial charge is 0.462 e. The first-order chi connectivity index (χ1) is 33.0. The molecule has 0 aromatic carbocycles. The molecule has 0 aliphatic heterocycles. The van der Waals surface area contributed by atoms with Crippen molar-refractivity contribution in [2.24, 2.45) is 0 Å². The van der Waals surface area contributed by atoms with Crippen LogP contribution in [0.15, 0.2) is 72.9 Å². The van der Waals surface area contributed by atoms with Gasteiger partial charge in [0.25, 0.3) is 0 Å². The number of hydrogen-bond acceptors (Lipinski definition) is 5. The molecule has 0 saturated carbocycles. The van der Waals surface area contributed by atoms with E-state index >= 15 is 0 Å². The number of nitrogens with one attached hydrogen (secondary N) is 1. The Bertz CT molecular complexity index is 1230. The molecule has 3 atom stereocenters. The summed E-state index contributed by atoms with van der Waals surface area (Å²) in [5.41, 5.74) is 0. The SMILES string of the molecule is CCCCC/C=C\C/C=C\CCCCCCCC(CC(=O)NC(CO)C(O)CCCCCCCCCCCCCCCCC)OC(=O)CCCCCCC/C=C/C=C/C=C/C=C/CCCCC. The van der Waals surface area contributed by atoms with Crippen LogP contribution in [0.4, 0.5) is 0 Å². The molecular formula is C61H109NO5. The second-order valence-electron chi connectivity index (χ2n) is 19.4. The molecule has 0 aliphatic rings. The van der Waals surface area contributed by atoms with E-state index in [0.717, 1.165) is 96.3 Å². The van der Waals surface area contributed by atoms with Crippen LogP contribution in [0.25, 0.3) is 0 Å². The lowest BCUT2D eigenvalue weighted by Gasteiger charge is -2.24. The number of unbranched alkanes of at least 4 members (excludes halogenated alkanes) is 30. The van der Waals surface area contributed by atoms with Gasteiger partial charge in [0, 0.05) is 6.42 Å². The molecule has 388 valence electrons. The van der Waals surface area contributed by atoms with Gasteiger partial charge in [0.15, 0.2) is 0 Å². The predicted octanol–water partition coefficient (Wildman–Crippen LogP) is 17.7. The zero-order valence-corrected chi connectivity index (χ0v) is 44.3. The first-order valence-electron chi connectivity index (χ1n) is 28.7. The monoisotopic (exact) mass is 936 g/mol. The third-order valence-electron chi connectivity index (χ3n) is 12.9. The normalized spacial score (nSPS) is 13.7. The van der Waals surface area contributed by atoms with Crippen molar-refractivity contribution >= 4 is 11.9 Å². The second-order valence-corrected chi connectivity index (χ2v) is 19.4. The first-order valence-corrected chi connectivity index (χ1v) is 28.7. The van der Waals surface area contributed by atoms with Crippen molar-refractivity contribution in [1.82, 2.24) is 5.32 Å². The molecule has 0 saturated heterocycles. The van der Waals surface area contributed by atoms with Gasteiger partial charge in [-0.2, -0.15) is 0 Å². The topological polar surface area (TPSA) is 95.9 Å². The standard InChI is InChI=1S/C61H109NO5/c1-4-7-10-13-16-19-22-25-28-29-30-33-36-39-42-45-48-51-54-61(66)67-57(52-49-46-43-40-37-34-31-26-23-20-17-14-11-8-5-2)55-60(65)62-58(56-63)59(64)53-50-47-44-41-38-35-32-27-24-21-18-15-12-9-6-3/h16-17,19-20,22,25-26,28-31,33,57-59,63-64H,4-15,18,21,23-24,27,32,34-56H2,1-3H3,(H,62,65)/b19-16+,20-17-,25-22+,29-28+,31-26-,33-30+. The van der Waals surface area contributed by atoms with Gasteiger partial charge < -0.3 is 20.3 Å². The van der Waals surface area contributed by atoms with Crippen LogP contribution in [0.5, 0.6) is 0 Å². The van der Waals surface area contributed by atoms with Crippen LogP contribution in [0, 0.1) is 0 Å². The number of ether oxygens (including phenoxy) is 1. The van der Waals surface area contributed by atoms with E-state index < -0.39 is 18.2 Å². The van der Waals surface area contributed by atoms with Gasteiger partial charge in [-0.1, -0.05) is 254 Å². The van der Waals surface area contributed by atoms with Crippen LogP contribution in [0.1, 0.15) is 278 Å². The third-order valence-corrected chi connectivity index (χ3v) is 12.9. The van der Waals surface area contributed by atoms with Gasteiger partial charge in [0.2, 0.25) is 5.91 Å². The Labute approximate surface area is 415 Å². The summed E-state index contributed by atoms with van der Waals surface area (Å²) >= 11 is 0. The molecule has 0 bridgehead atoms. The zero-order valence-electron chi connectivity index (χ0n) is 44.3. The van der Waals surface area contributed by atoms with Crippen LogP contribution in [0.2, 0.25) is 0 Å². The van der Waals surface area contributed by atoms with E-state index in [9.17, 15) is 19.8 Å². The van der Waals surface area contributed by atoms with Crippen molar-refractivity contribution < 1.29 is 24.5 Å². The predicted molar refractivity (Wildman–Crippen MR) is 291 cm³/mol. The number of allylic oxidation sites excluding steroid dienone is 12. The Morgan fingerprint density at radius 3 is 1.30 bits per heavy atom. The summed E-state index contributed by atoms with van der Waals surface area (Å²) in [5, 5.41) is 23.9. The maximum atomic E-state index is 13.3.